The molecule has 2 aromatic carbocycles. The molecule has 2 heterocycles. The van der Waals surface area contributed by atoms with E-state index >= 15 is 0 Å². The highest BCUT2D eigenvalue weighted by Gasteiger charge is 2.11. The van der Waals surface area contributed by atoms with Gasteiger partial charge in [-0.1, -0.05) is 36.4 Å². The first kappa shape index (κ1) is 11.0. The SMILES string of the molecule is O=c1c2ccccc2cc2oc(-c3ccccc3)nn12. The molecule has 4 rings (SSSR count). The third-order valence-electron chi connectivity index (χ3n) is 3.28. The second-order valence-corrected chi connectivity index (χ2v) is 4.56. The summed E-state index contributed by atoms with van der Waals surface area (Å²) in [5, 5.41) is 5.76. The molecule has 0 fully saturated rings. The summed E-state index contributed by atoms with van der Waals surface area (Å²) in [6.45, 7) is 0. The maximum atomic E-state index is 12.4. The zero-order chi connectivity index (χ0) is 13.5. The van der Waals surface area contributed by atoms with E-state index in [1.165, 1.54) is 4.52 Å². The van der Waals surface area contributed by atoms with Crippen LogP contribution < -0.4 is 5.56 Å². The molecule has 0 saturated carbocycles. The average Bonchev–Trinajstić information content (AvgIpc) is 2.93. The van der Waals surface area contributed by atoms with Gasteiger partial charge in [0.1, 0.15) is 0 Å². The highest BCUT2D eigenvalue weighted by atomic mass is 16.4. The van der Waals surface area contributed by atoms with Crippen LogP contribution in [0.5, 0.6) is 0 Å². The predicted octanol–water partition coefficient (Wildman–Crippen LogP) is 3.11. The zero-order valence-electron chi connectivity index (χ0n) is 10.5. The number of aromatic nitrogens is 2. The van der Waals surface area contributed by atoms with Gasteiger partial charge in [0.2, 0.25) is 11.6 Å². The van der Waals surface area contributed by atoms with Crippen molar-refractivity contribution in [3.63, 3.8) is 0 Å². The molecule has 4 heteroatoms. The number of pyridine rings is 1. The summed E-state index contributed by atoms with van der Waals surface area (Å²) in [4.78, 5) is 12.4. The van der Waals surface area contributed by atoms with E-state index in [1.807, 2.05) is 54.6 Å². The Balaban J connectivity index is 2.07. The standard InChI is InChI=1S/C16H10N2O2/c19-16-13-9-5-4-8-12(13)10-14-18(16)17-15(20-14)11-6-2-1-3-7-11/h1-10H. The molecule has 0 unspecified atom stereocenters. The highest BCUT2D eigenvalue weighted by molar-refractivity contribution is 5.84. The summed E-state index contributed by atoms with van der Waals surface area (Å²) in [7, 11) is 0. The van der Waals surface area contributed by atoms with Gasteiger partial charge < -0.3 is 4.42 Å². The molecule has 0 aliphatic heterocycles. The summed E-state index contributed by atoms with van der Waals surface area (Å²) < 4.78 is 7.01. The van der Waals surface area contributed by atoms with Crippen LogP contribution in [0.1, 0.15) is 0 Å². The van der Waals surface area contributed by atoms with Gasteiger partial charge in [-0.2, -0.15) is 4.52 Å². The second-order valence-electron chi connectivity index (χ2n) is 4.56. The van der Waals surface area contributed by atoms with E-state index in [-0.39, 0.29) is 5.56 Å². The molecule has 0 radical (unpaired) electrons. The normalized spacial score (nSPS) is 11.2. The lowest BCUT2D eigenvalue weighted by atomic mass is 10.2. The minimum Gasteiger partial charge on any atom is -0.418 e. The molecule has 4 aromatic rings. The maximum Gasteiger partial charge on any atom is 0.282 e. The van der Waals surface area contributed by atoms with Crippen LogP contribution in [0.15, 0.2) is 69.9 Å². The zero-order valence-corrected chi connectivity index (χ0v) is 10.5. The first-order valence-electron chi connectivity index (χ1n) is 6.30. The molecule has 0 amide bonds. The van der Waals surface area contributed by atoms with Crippen LogP contribution in [-0.4, -0.2) is 9.61 Å². The Morgan fingerprint density at radius 2 is 1.70 bits per heavy atom. The van der Waals surface area contributed by atoms with Gasteiger partial charge in [0.05, 0.1) is 0 Å². The van der Waals surface area contributed by atoms with Gasteiger partial charge in [-0.3, -0.25) is 4.79 Å². The predicted molar refractivity (Wildman–Crippen MR) is 76.7 cm³/mol. The van der Waals surface area contributed by atoms with Gasteiger partial charge in [0, 0.05) is 17.0 Å². The van der Waals surface area contributed by atoms with E-state index in [4.69, 9.17) is 4.42 Å². The van der Waals surface area contributed by atoms with Gasteiger partial charge in [-0.15, -0.1) is 5.10 Å². The summed E-state index contributed by atoms with van der Waals surface area (Å²) in [6, 6.07) is 18.8. The number of hydrogen-bond donors (Lipinski definition) is 0. The Kier molecular flexibility index (Phi) is 2.23. The van der Waals surface area contributed by atoms with Crippen LogP contribution in [-0.2, 0) is 0 Å². The fourth-order valence-corrected chi connectivity index (χ4v) is 2.30. The molecule has 0 spiro atoms. The monoisotopic (exact) mass is 262 g/mol. The quantitative estimate of drug-likeness (QED) is 0.529. The summed E-state index contributed by atoms with van der Waals surface area (Å²) in [5.74, 6) is 0.443. The molecule has 4 nitrogen and oxygen atoms in total. The molecule has 0 atom stereocenters. The highest BCUT2D eigenvalue weighted by Crippen LogP contribution is 2.20. The van der Waals surface area contributed by atoms with Crippen molar-refractivity contribution in [2.24, 2.45) is 0 Å². The van der Waals surface area contributed by atoms with Gasteiger partial charge in [-0.05, 0) is 23.6 Å². The minimum atomic E-state index is -0.163. The molecule has 0 saturated heterocycles. The summed E-state index contributed by atoms with van der Waals surface area (Å²) >= 11 is 0. The van der Waals surface area contributed by atoms with E-state index in [0.717, 1.165) is 10.9 Å². The van der Waals surface area contributed by atoms with Crippen LogP contribution in [0.25, 0.3) is 27.9 Å². The van der Waals surface area contributed by atoms with Crippen molar-refractivity contribution < 1.29 is 4.42 Å². The fourth-order valence-electron chi connectivity index (χ4n) is 2.30. The van der Waals surface area contributed by atoms with Crippen molar-refractivity contribution in [1.29, 1.82) is 0 Å². The van der Waals surface area contributed by atoms with Gasteiger partial charge in [0.25, 0.3) is 5.56 Å². The molecule has 0 aliphatic rings. The molecule has 2 aromatic heterocycles. The number of rotatable bonds is 1. The first-order chi connectivity index (χ1) is 9.83. The third-order valence-corrected chi connectivity index (χ3v) is 3.28. The summed E-state index contributed by atoms with van der Waals surface area (Å²) in [6.07, 6.45) is 0. The van der Waals surface area contributed by atoms with E-state index in [2.05, 4.69) is 5.10 Å². The Morgan fingerprint density at radius 1 is 0.950 bits per heavy atom. The number of nitrogens with zero attached hydrogens (tertiary/aromatic N) is 2. The van der Waals surface area contributed by atoms with Crippen LogP contribution in [0.4, 0.5) is 0 Å². The van der Waals surface area contributed by atoms with Gasteiger partial charge >= 0.3 is 0 Å². The first-order valence-corrected chi connectivity index (χ1v) is 6.30. The van der Waals surface area contributed by atoms with Crippen molar-refractivity contribution >= 4 is 16.5 Å². The second kappa shape index (κ2) is 4.06. The lowest BCUT2D eigenvalue weighted by molar-refractivity contribution is 0.616. The summed E-state index contributed by atoms with van der Waals surface area (Å²) in [5.41, 5.74) is 1.14. The van der Waals surface area contributed by atoms with Gasteiger partial charge in [0.15, 0.2) is 0 Å². The number of benzene rings is 2. The lowest BCUT2D eigenvalue weighted by Gasteiger charge is -1.95. The van der Waals surface area contributed by atoms with Crippen LogP contribution in [0.2, 0.25) is 0 Å². The Morgan fingerprint density at radius 3 is 2.55 bits per heavy atom. The van der Waals surface area contributed by atoms with Crippen molar-refractivity contribution in [1.82, 2.24) is 9.61 Å². The van der Waals surface area contributed by atoms with Crippen molar-refractivity contribution in [3.05, 3.63) is 71.0 Å². The van der Waals surface area contributed by atoms with Crippen molar-refractivity contribution in [2.45, 2.75) is 0 Å². The molecular weight excluding hydrogens is 252 g/mol. The molecule has 20 heavy (non-hydrogen) atoms. The molecule has 0 bridgehead atoms. The van der Waals surface area contributed by atoms with Crippen molar-refractivity contribution in [2.75, 3.05) is 0 Å². The smallest absolute Gasteiger partial charge is 0.282 e. The average molecular weight is 262 g/mol. The number of hydrogen-bond acceptors (Lipinski definition) is 3. The van der Waals surface area contributed by atoms with E-state index in [1.54, 1.807) is 6.07 Å². The molecule has 0 aliphatic carbocycles. The van der Waals surface area contributed by atoms with E-state index < -0.39 is 0 Å². The van der Waals surface area contributed by atoms with E-state index in [0.29, 0.717) is 17.0 Å². The van der Waals surface area contributed by atoms with Crippen LogP contribution in [0.3, 0.4) is 0 Å². The topological polar surface area (TPSA) is 47.5 Å². The molecular formula is C16H10N2O2. The number of fused-ring (bicyclic) bond motifs is 2. The Labute approximate surface area is 113 Å². The Hall–Kier alpha value is -2.88. The largest absolute Gasteiger partial charge is 0.418 e. The minimum absolute atomic E-state index is 0.163. The molecule has 0 N–H and O–H groups in total. The third kappa shape index (κ3) is 1.55. The molecule has 96 valence electrons. The Bertz CT molecular complexity index is 968. The fraction of sp³-hybridized carbons (Fsp3) is 0. The van der Waals surface area contributed by atoms with Crippen molar-refractivity contribution in [3.8, 4) is 11.5 Å². The van der Waals surface area contributed by atoms with Crippen LogP contribution >= 0.6 is 0 Å². The maximum absolute atomic E-state index is 12.4. The van der Waals surface area contributed by atoms with Crippen LogP contribution in [0, 0.1) is 0 Å². The van der Waals surface area contributed by atoms with E-state index in [9.17, 15) is 4.79 Å². The lowest BCUT2D eigenvalue weighted by Crippen LogP contribution is -2.13. The van der Waals surface area contributed by atoms with Gasteiger partial charge in [-0.25, -0.2) is 0 Å².